The highest BCUT2D eigenvalue weighted by Crippen LogP contribution is 2.30. The van der Waals surface area contributed by atoms with Crippen molar-refractivity contribution < 1.29 is 0 Å². The molecule has 3 rings (SSSR count). The topological polar surface area (TPSA) is 64.8 Å². The van der Waals surface area contributed by atoms with Gasteiger partial charge in [0.1, 0.15) is 6.07 Å². The van der Waals surface area contributed by atoms with Crippen LogP contribution >= 0.6 is 0 Å². The largest absolute Gasteiger partial charge is 0.363 e. The summed E-state index contributed by atoms with van der Waals surface area (Å²) in [6, 6.07) is 10.8. The molecular weight excluding hydrogens is 250 g/mol. The highest BCUT2D eigenvalue weighted by molar-refractivity contribution is 5.93. The van der Waals surface area contributed by atoms with Crippen LogP contribution in [-0.4, -0.2) is 35.4 Å². The molecule has 1 saturated heterocycles. The highest BCUT2D eigenvalue weighted by atomic mass is 15.3. The quantitative estimate of drug-likeness (QED) is 0.851. The van der Waals surface area contributed by atoms with Crippen molar-refractivity contribution in [2.45, 2.75) is 25.9 Å². The first-order chi connectivity index (χ1) is 9.70. The average Bonchev–Trinajstić information content (AvgIpc) is 2.48. The third kappa shape index (κ3) is 2.08. The van der Waals surface area contributed by atoms with Gasteiger partial charge in [-0.25, -0.2) is 0 Å². The Morgan fingerprint density at radius 1 is 1.30 bits per heavy atom. The Labute approximate surface area is 118 Å². The maximum atomic E-state index is 9.37. The van der Waals surface area contributed by atoms with Gasteiger partial charge in [0.25, 0.3) is 0 Å². The number of anilines is 1. The second-order valence-electron chi connectivity index (χ2n) is 5.34. The normalized spacial score (nSPS) is 22.8. The summed E-state index contributed by atoms with van der Waals surface area (Å²) in [6.07, 6.45) is 0. The molecule has 0 aliphatic carbocycles. The lowest BCUT2D eigenvalue weighted by molar-refractivity contribution is 0.425. The van der Waals surface area contributed by atoms with E-state index in [9.17, 15) is 5.26 Å². The van der Waals surface area contributed by atoms with E-state index in [2.05, 4.69) is 40.3 Å². The van der Waals surface area contributed by atoms with Crippen molar-refractivity contribution in [3.8, 4) is 6.07 Å². The third-order valence-electron chi connectivity index (χ3n) is 3.80. The molecule has 0 amide bonds. The molecule has 1 aliphatic heterocycles. The Kier molecular flexibility index (Phi) is 3.25. The van der Waals surface area contributed by atoms with E-state index in [4.69, 9.17) is 0 Å². The number of piperazine rings is 1. The Balaban J connectivity index is 2.20. The number of aromatic nitrogens is 2. The lowest BCUT2D eigenvalue weighted by atomic mass is 10.1. The zero-order chi connectivity index (χ0) is 14.1. The molecule has 0 saturated carbocycles. The van der Waals surface area contributed by atoms with Gasteiger partial charge in [-0.1, -0.05) is 18.2 Å². The molecule has 2 heterocycles. The molecule has 1 aliphatic rings. The van der Waals surface area contributed by atoms with Crippen molar-refractivity contribution in [3.05, 3.63) is 30.0 Å². The van der Waals surface area contributed by atoms with Gasteiger partial charge < -0.3 is 10.2 Å². The lowest BCUT2D eigenvalue weighted by Crippen LogP contribution is -2.54. The van der Waals surface area contributed by atoms with Crippen LogP contribution in [0, 0.1) is 11.3 Å². The predicted octanol–water partition coefficient (Wildman–Crippen LogP) is 1.69. The molecule has 102 valence electrons. The molecule has 1 aromatic carbocycles. The van der Waals surface area contributed by atoms with Gasteiger partial charge in [-0.15, -0.1) is 10.2 Å². The zero-order valence-corrected chi connectivity index (χ0v) is 11.7. The molecule has 2 atom stereocenters. The van der Waals surface area contributed by atoms with Crippen LogP contribution in [0.3, 0.4) is 0 Å². The van der Waals surface area contributed by atoms with Crippen LogP contribution in [0.4, 0.5) is 5.69 Å². The van der Waals surface area contributed by atoms with Crippen molar-refractivity contribution >= 4 is 16.6 Å². The van der Waals surface area contributed by atoms with Crippen molar-refractivity contribution in [1.82, 2.24) is 15.5 Å². The summed E-state index contributed by atoms with van der Waals surface area (Å²) in [5.41, 5.74) is 2.16. The molecule has 1 N–H and O–H groups in total. The fourth-order valence-corrected chi connectivity index (χ4v) is 2.74. The van der Waals surface area contributed by atoms with Crippen LogP contribution in [0.25, 0.3) is 10.9 Å². The Hall–Kier alpha value is -2.19. The van der Waals surface area contributed by atoms with E-state index < -0.39 is 0 Å². The molecular formula is C15H17N5. The molecule has 20 heavy (non-hydrogen) atoms. The monoisotopic (exact) mass is 267 g/mol. The summed E-state index contributed by atoms with van der Waals surface area (Å²) in [5.74, 6) is 0. The minimum Gasteiger partial charge on any atom is -0.363 e. The van der Waals surface area contributed by atoms with Gasteiger partial charge in [0.2, 0.25) is 0 Å². The minimum atomic E-state index is 0.325. The second kappa shape index (κ2) is 5.06. The van der Waals surface area contributed by atoms with Crippen molar-refractivity contribution in [2.75, 3.05) is 18.0 Å². The van der Waals surface area contributed by atoms with Crippen LogP contribution in [0.5, 0.6) is 0 Å². The van der Waals surface area contributed by atoms with Gasteiger partial charge in [-0.2, -0.15) is 5.26 Å². The third-order valence-corrected chi connectivity index (χ3v) is 3.80. The first-order valence-electron chi connectivity index (χ1n) is 6.86. The first kappa shape index (κ1) is 12.8. The summed E-state index contributed by atoms with van der Waals surface area (Å²) in [7, 11) is 0. The highest BCUT2D eigenvalue weighted by Gasteiger charge is 2.26. The predicted molar refractivity (Wildman–Crippen MR) is 78.5 cm³/mol. The Bertz CT molecular complexity index is 676. The van der Waals surface area contributed by atoms with Gasteiger partial charge in [0, 0.05) is 30.6 Å². The molecule has 0 spiro atoms. The average molecular weight is 267 g/mol. The molecule has 0 radical (unpaired) electrons. The molecule has 2 unspecified atom stereocenters. The second-order valence-corrected chi connectivity index (χ2v) is 5.34. The number of benzene rings is 1. The molecule has 1 aromatic heterocycles. The van der Waals surface area contributed by atoms with Gasteiger partial charge in [-0.3, -0.25) is 0 Å². The summed E-state index contributed by atoms with van der Waals surface area (Å²) < 4.78 is 0. The number of nitrogens with one attached hydrogen (secondary N) is 1. The smallest absolute Gasteiger partial charge is 0.187 e. The number of nitriles is 1. The maximum absolute atomic E-state index is 9.37. The molecule has 0 bridgehead atoms. The summed E-state index contributed by atoms with van der Waals surface area (Å²) in [4.78, 5) is 2.27. The number of nitrogens with zero attached hydrogens (tertiary/aromatic N) is 4. The Morgan fingerprint density at radius 3 is 2.90 bits per heavy atom. The van der Waals surface area contributed by atoms with E-state index in [1.165, 1.54) is 0 Å². The van der Waals surface area contributed by atoms with E-state index in [-0.39, 0.29) is 0 Å². The number of hydrogen-bond acceptors (Lipinski definition) is 5. The van der Waals surface area contributed by atoms with Crippen LogP contribution in [0.2, 0.25) is 0 Å². The first-order valence-corrected chi connectivity index (χ1v) is 6.86. The van der Waals surface area contributed by atoms with Crippen molar-refractivity contribution in [1.29, 1.82) is 5.26 Å². The van der Waals surface area contributed by atoms with E-state index in [0.29, 0.717) is 17.8 Å². The lowest BCUT2D eigenvalue weighted by Gasteiger charge is -2.39. The van der Waals surface area contributed by atoms with E-state index in [1.54, 1.807) is 0 Å². The van der Waals surface area contributed by atoms with Gasteiger partial charge in [-0.05, 0) is 19.9 Å². The summed E-state index contributed by atoms with van der Waals surface area (Å²) >= 11 is 0. The molecule has 5 nitrogen and oxygen atoms in total. The van der Waals surface area contributed by atoms with Crippen LogP contribution in [0.15, 0.2) is 24.3 Å². The van der Waals surface area contributed by atoms with E-state index >= 15 is 0 Å². The van der Waals surface area contributed by atoms with Crippen molar-refractivity contribution in [3.63, 3.8) is 0 Å². The van der Waals surface area contributed by atoms with E-state index in [1.807, 2.05) is 24.3 Å². The SMILES string of the molecule is CC1CN(c2c(C#N)nnc3ccccc23)C(C)CN1. The van der Waals surface area contributed by atoms with Gasteiger partial charge in [0.15, 0.2) is 5.69 Å². The zero-order valence-electron chi connectivity index (χ0n) is 11.7. The number of fused-ring (bicyclic) bond motifs is 1. The molecule has 5 heteroatoms. The van der Waals surface area contributed by atoms with Crippen LogP contribution in [-0.2, 0) is 0 Å². The molecule has 2 aromatic rings. The fraction of sp³-hybridized carbons (Fsp3) is 0.400. The van der Waals surface area contributed by atoms with Gasteiger partial charge >= 0.3 is 0 Å². The number of hydrogen-bond donors (Lipinski definition) is 1. The minimum absolute atomic E-state index is 0.325. The Morgan fingerprint density at radius 2 is 2.10 bits per heavy atom. The molecule has 1 fully saturated rings. The summed E-state index contributed by atoms with van der Waals surface area (Å²) in [5, 5.41) is 22.0. The van der Waals surface area contributed by atoms with E-state index in [0.717, 1.165) is 29.7 Å². The van der Waals surface area contributed by atoms with Gasteiger partial charge in [0.05, 0.1) is 11.2 Å². The fourth-order valence-electron chi connectivity index (χ4n) is 2.74. The number of rotatable bonds is 1. The summed E-state index contributed by atoms with van der Waals surface area (Å²) in [6.45, 7) is 6.09. The maximum Gasteiger partial charge on any atom is 0.187 e. The van der Waals surface area contributed by atoms with Crippen LogP contribution in [0.1, 0.15) is 19.5 Å². The van der Waals surface area contributed by atoms with Crippen LogP contribution < -0.4 is 10.2 Å². The van der Waals surface area contributed by atoms with Crippen molar-refractivity contribution in [2.24, 2.45) is 0 Å². The standard InChI is InChI=1S/C15H17N5/c1-10-9-20(11(2)8-17-10)15-12-5-3-4-6-13(12)18-19-14(15)7-16/h3-6,10-11,17H,8-9H2,1-2H3.